The fourth-order valence-electron chi connectivity index (χ4n) is 1.07. The van der Waals surface area contributed by atoms with E-state index < -0.39 is 0 Å². The Bertz CT molecular complexity index is 291. The van der Waals surface area contributed by atoms with E-state index in [1.54, 1.807) is 19.2 Å². The lowest BCUT2D eigenvalue weighted by molar-refractivity contribution is 0.181. The van der Waals surface area contributed by atoms with Crippen LogP contribution in [0.3, 0.4) is 0 Å². The molecular formula is C9H11Cl2NO. The second kappa shape index (κ2) is 4.82. The summed E-state index contributed by atoms with van der Waals surface area (Å²) in [5, 5.41) is 1.19. The van der Waals surface area contributed by atoms with Crippen molar-refractivity contribution in [1.82, 2.24) is 0 Å². The van der Waals surface area contributed by atoms with Crippen molar-refractivity contribution < 1.29 is 4.74 Å². The topological polar surface area (TPSA) is 35.2 Å². The predicted octanol–water partition coefficient (Wildman–Crippen LogP) is 2.64. The van der Waals surface area contributed by atoms with E-state index in [2.05, 4.69) is 0 Å². The Morgan fingerprint density at radius 1 is 1.46 bits per heavy atom. The second-order valence-electron chi connectivity index (χ2n) is 2.73. The monoisotopic (exact) mass is 219 g/mol. The van der Waals surface area contributed by atoms with E-state index in [1.165, 1.54) is 0 Å². The molecule has 1 rings (SSSR count). The summed E-state index contributed by atoms with van der Waals surface area (Å²) in [6.07, 6.45) is 0. The van der Waals surface area contributed by atoms with Crippen LogP contribution in [0, 0.1) is 0 Å². The molecule has 0 aliphatic carbocycles. The summed E-state index contributed by atoms with van der Waals surface area (Å²) in [6.45, 7) is 0.446. The average Bonchev–Trinajstić information content (AvgIpc) is 2.04. The van der Waals surface area contributed by atoms with E-state index >= 15 is 0 Å². The molecular weight excluding hydrogens is 209 g/mol. The molecule has 72 valence electrons. The molecule has 1 aromatic carbocycles. The summed E-state index contributed by atoms with van der Waals surface area (Å²) >= 11 is 11.7. The lowest BCUT2D eigenvalue weighted by Crippen LogP contribution is -2.16. The highest BCUT2D eigenvalue weighted by molar-refractivity contribution is 6.35. The summed E-state index contributed by atoms with van der Waals surface area (Å²) in [5.74, 6) is 0. The van der Waals surface area contributed by atoms with Crippen molar-refractivity contribution in [3.8, 4) is 0 Å². The first kappa shape index (κ1) is 10.8. The fourth-order valence-corrected chi connectivity index (χ4v) is 1.62. The van der Waals surface area contributed by atoms with Crippen molar-refractivity contribution in [3.05, 3.63) is 33.8 Å². The Labute approximate surface area is 87.6 Å². The normalized spacial score (nSPS) is 12.9. The molecule has 0 spiro atoms. The predicted molar refractivity (Wildman–Crippen MR) is 55.3 cm³/mol. The Morgan fingerprint density at radius 2 is 2.15 bits per heavy atom. The summed E-state index contributed by atoms with van der Waals surface area (Å²) in [6, 6.07) is 5.05. The third-order valence-corrected chi connectivity index (χ3v) is 2.27. The SMILES string of the molecule is COC[C@@H](N)c1ccc(Cl)cc1Cl. The fraction of sp³-hybridized carbons (Fsp3) is 0.333. The molecule has 0 amide bonds. The van der Waals surface area contributed by atoms with Crippen LogP contribution in [0.1, 0.15) is 11.6 Å². The summed E-state index contributed by atoms with van der Waals surface area (Å²) < 4.78 is 4.93. The van der Waals surface area contributed by atoms with Gasteiger partial charge in [0.15, 0.2) is 0 Å². The molecule has 0 saturated heterocycles. The first-order valence-electron chi connectivity index (χ1n) is 3.84. The Morgan fingerprint density at radius 3 is 2.69 bits per heavy atom. The van der Waals surface area contributed by atoms with Crippen LogP contribution in [0.15, 0.2) is 18.2 Å². The summed E-state index contributed by atoms with van der Waals surface area (Å²) in [4.78, 5) is 0. The zero-order chi connectivity index (χ0) is 9.84. The maximum absolute atomic E-state index is 5.94. The van der Waals surface area contributed by atoms with Crippen LogP contribution in [0.5, 0.6) is 0 Å². The van der Waals surface area contributed by atoms with Crippen LogP contribution in [0.25, 0.3) is 0 Å². The van der Waals surface area contributed by atoms with Crippen LogP contribution in [0.4, 0.5) is 0 Å². The van der Waals surface area contributed by atoms with Gasteiger partial charge >= 0.3 is 0 Å². The Kier molecular flexibility index (Phi) is 4.00. The van der Waals surface area contributed by atoms with Gasteiger partial charge in [0.2, 0.25) is 0 Å². The highest BCUT2D eigenvalue weighted by atomic mass is 35.5. The molecule has 1 atom stereocenters. The minimum Gasteiger partial charge on any atom is -0.383 e. The molecule has 0 fully saturated rings. The van der Waals surface area contributed by atoms with Crippen molar-refractivity contribution in [2.45, 2.75) is 6.04 Å². The number of halogens is 2. The molecule has 0 aliphatic heterocycles. The van der Waals surface area contributed by atoms with Crippen molar-refractivity contribution in [2.75, 3.05) is 13.7 Å². The van der Waals surface area contributed by atoms with Crippen molar-refractivity contribution in [1.29, 1.82) is 0 Å². The Balaban J connectivity index is 2.88. The van der Waals surface area contributed by atoms with Gasteiger partial charge in [-0.1, -0.05) is 29.3 Å². The van der Waals surface area contributed by atoms with Crippen molar-refractivity contribution in [3.63, 3.8) is 0 Å². The summed E-state index contributed by atoms with van der Waals surface area (Å²) in [7, 11) is 1.60. The first-order valence-corrected chi connectivity index (χ1v) is 4.60. The van der Waals surface area contributed by atoms with Gasteiger partial charge in [-0.3, -0.25) is 0 Å². The minimum absolute atomic E-state index is 0.199. The number of methoxy groups -OCH3 is 1. The van der Waals surface area contributed by atoms with E-state index in [1.807, 2.05) is 6.07 Å². The summed E-state index contributed by atoms with van der Waals surface area (Å²) in [5.41, 5.74) is 6.66. The highest BCUT2D eigenvalue weighted by Crippen LogP contribution is 2.25. The van der Waals surface area contributed by atoms with Crippen LogP contribution in [0.2, 0.25) is 10.0 Å². The smallest absolute Gasteiger partial charge is 0.0656 e. The minimum atomic E-state index is -0.199. The quantitative estimate of drug-likeness (QED) is 0.849. The lowest BCUT2D eigenvalue weighted by Gasteiger charge is -2.12. The van der Waals surface area contributed by atoms with Crippen LogP contribution in [-0.4, -0.2) is 13.7 Å². The van der Waals surface area contributed by atoms with E-state index in [0.717, 1.165) is 5.56 Å². The van der Waals surface area contributed by atoms with Crippen LogP contribution >= 0.6 is 23.2 Å². The molecule has 0 aromatic heterocycles. The number of hydrogen-bond acceptors (Lipinski definition) is 2. The molecule has 0 heterocycles. The van der Waals surface area contributed by atoms with E-state index in [0.29, 0.717) is 16.7 Å². The van der Waals surface area contributed by atoms with Gasteiger partial charge in [-0.2, -0.15) is 0 Å². The van der Waals surface area contributed by atoms with E-state index in [4.69, 9.17) is 33.7 Å². The molecule has 0 saturated carbocycles. The first-order chi connectivity index (χ1) is 6.15. The number of rotatable bonds is 3. The molecule has 0 unspecified atom stereocenters. The number of nitrogens with two attached hydrogens (primary N) is 1. The van der Waals surface area contributed by atoms with Crippen LogP contribution in [-0.2, 0) is 4.74 Å². The van der Waals surface area contributed by atoms with Gasteiger partial charge in [-0.05, 0) is 17.7 Å². The number of ether oxygens (including phenoxy) is 1. The highest BCUT2D eigenvalue weighted by Gasteiger charge is 2.09. The second-order valence-corrected chi connectivity index (χ2v) is 3.57. The average molecular weight is 220 g/mol. The van der Waals surface area contributed by atoms with Gasteiger partial charge < -0.3 is 10.5 Å². The van der Waals surface area contributed by atoms with Gasteiger partial charge in [0.25, 0.3) is 0 Å². The van der Waals surface area contributed by atoms with Gasteiger partial charge in [0, 0.05) is 17.2 Å². The van der Waals surface area contributed by atoms with Gasteiger partial charge in [-0.25, -0.2) is 0 Å². The third-order valence-electron chi connectivity index (χ3n) is 1.71. The van der Waals surface area contributed by atoms with Crippen molar-refractivity contribution in [2.24, 2.45) is 5.73 Å². The molecule has 0 bridgehead atoms. The number of hydrogen-bond donors (Lipinski definition) is 1. The standard InChI is InChI=1S/C9H11Cl2NO/c1-13-5-9(12)7-3-2-6(10)4-8(7)11/h2-4,9H,5,12H2,1H3/t9-/m1/s1. The molecule has 4 heteroatoms. The lowest BCUT2D eigenvalue weighted by atomic mass is 10.1. The Hall–Kier alpha value is -0.280. The van der Waals surface area contributed by atoms with Crippen molar-refractivity contribution >= 4 is 23.2 Å². The molecule has 0 radical (unpaired) electrons. The number of benzene rings is 1. The van der Waals surface area contributed by atoms with Gasteiger partial charge in [0.05, 0.1) is 12.6 Å². The molecule has 0 aliphatic rings. The largest absolute Gasteiger partial charge is 0.383 e. The van der Waals surface area contributed by atoms with Crippen LogP contribution < -0.4 is 5.73 Å². The van der Waals surface area contributed by atoms with E-state index in [9.17, 15) is 0 Å². The molecule has 13 heavy (non-hydrogen) atoms. The maximum atomic E-state index is 5.94. The third kappa shape index (κ3) is 2.85. The maximum Gasteiger partial charge on any atom is 0.0656 e. The zero-order valence-corrected chi connectivity index (χ0v) is 8.77. The molecule has 2 nitrogen and oxygen atoms in total. The van der Waals surface area contributed by atoms with E-state index in [-0.39, 0.29) is 6.04 Å². The van der Waals surface area contributed by atoms with Gasteiger partial charge in [0.1, 0.15) is 0 Å². The molecule has 1 aromatic rings. The van der Waals surface area contributed by atoms with Gasteiger partial charge in [-0.15, -0.1) is 0 Å². The molecule has 2 N–H and O–H groups in total. The zero-order valence-electron chi connectivity index (χ0n) is 7.26.